The Bertz CT molecular complexity index is 810. The summed E-state index contributed by atoms with van der Waals surface area (Å²) in [6, 6.07) is 11.1. The summed E-state index contributed by atoms with van der Waals surface area (Å²) < 4.78 is 5.66. The molecule has 1 aliphatic rings. The summed E-state index contributed by atoms with van der Waals surface area (Å²) in [4.78, 5) is 12.8. The van der Waals surface area contributed by atoms with E-state index in [2.05, 4.69) is 19.2 Å². The first kappa shape index (κ1) is 20.7. The van der Waals surface area contributed by atoms with Gasteiger partial charge in [0, 0.05) is 30.4 Å². The number of nitrogens with one attached hydrogen (secondary N) is 1. The first-order valence-corrected chi connectivity index (χ1v) is 8.63. The zero-order chi connectivity index (χ0) is 18.4. The van der Waals surface area contributed by atoms with Crippen LogP contribution in [0.5, 0.6) is 5.75 Å². The van der Waals surface area contributed by atoms with Crippen LogP contribution < -0.4 is 5.32 Å². The molecule has 0 saturated carbocycles. The van der Waals surface area contributed by atoms with E-state index in [9.17, 15) is 9.90 Å². The van der Waals surface area contributed by atoms with Gasteiger partial charge in [-0.2, -0.15) is 0 Å². The van der Waals surface area contributed by atoms with Gasteiger partial charge in [0.25, 0.3) is 0 Å². The number of hydrogen-bond donors (Lipinski definition) is 2. The number of hydrogen-bond acceptors (Lipinski definition) is 4. The number of phenols is 1. The molecule has 1 heterocycles. The fourth-order valence-corrected chi connectivity index (χ4v) is 3.31. The Morgan fingerprint density at radius 3 is 2.31 bits per heavy atom. The number of phenolic OH excluding ortho intramolecular Hbond substituents is 1. The second kappa shape index (κ2) is 7.21. The van der Waals surface area contributed by atoms with Gasteiger partial charge in [-0.15, -0.1) is 5.41 Å². The summed E-state index contributed by atoms with van der Waals surface area (Å²) in [7, 11) is 0. The van der Waals surface area contributed by atoms with Gasteiger partial charge in [0.15, 0.2) is 5.97 Å². The SMILES string of the molecule is CC(C)(C)[C-](C(=O)OCc1ccc(O)c2ccccc12)C1NC1(C)C.[Rh]. The van der Waals surface area contributed by atoms with Crippen LogP contribution in [0.1, 0.15) is 40.2 Å². The molecule has 5 heteroatoms. The van der Waals surface area contributed by atoms with E-state index in [4.69, 9.17) is 4.74 Å². The van der Waals surface area contributed by atoms with Gasteiger partial charge >= 0.3 is 0 Å². The molecule has 2 N–H and O–H groups in total. The third kappa shape index (κ3) is 4.05. The van der Waals surface area contributed by atoms with Crippen LogP contribution in [-0.2, 0) is 35.6 Å². The van der Waals surface area contributed by atoms with Crippen LogP contribution in [-0.4, -0.2) is 22.7 Å². The summed E-state index contributed by atoms with van der Waals surface area (Å²) in [5.41, 5.74) is 0.560. The number of aromatic hydroxyl groups is 1. The Hall–Kier alpha value is -1.58. The topological polar surface area (TPSA) is 68.5 Å². The Labute approximate surface area is 168 Å². The van der Waals surface area contributed by atoms with Crippen molar-refractivity contribution in [3.8, 4) is 5.75 Å². The Morgan fingerprint density at radius 1 is 1.19 bits per heavy atom. The normalized spacial score (nSPS) is 18.1. The van der Waals surface area contributed by atoms with Crippen LogP contribution in [0, 0.1) is 11.3 Å². The monoisotopic (exact) mass is 443 g/mol. The maximum atomic E-state index is 12.8. The standard InChI is InChI=1S/C21H26NO3.Rh/c1-20(2,3)17(18-21(4,5)22-18)19(24)25-12-13-10-11-16(23)15-9-7-6-8-14(13)15;/h6-11,18,22-23H,12H2,1-5H3;/q-1;. The van der Waals surface area contributed by atoms with Crippen molar-refractivity contribution in [2.75, 3.05) is 0 Å². The van der Waals surface area contributed by atoms with E-state index >= 15 is 0 Å². The molecule has 1 atom stereocenters. The molecule has 0 spiro atoms. The zero-order valence-electron chi connectivity index (χ0n) is 15.8. The fourth-order valence-electron chi connectivity index (χ4n) is 3.31. The van der Waals surface area contributed by atoms with Crippen LogP contribution in [0.2, 0.25) is 0 Å². The molecule has 1 unspecified atom stereocenters. The Morgan fingerprint density at radius 2 is 1.77 bits per heavy atom. The molecule has 1 saturated heterocycles. The summed E-state index contributed by atoms with van der Waals surface area (Å²) >= 11 is 0. The van der Waals surface area contributed by atoms with Gasteiger partial charge in [0.1, 0.15) is 12.4 Å². The number of rotatable bonds is 4. The van der Waals surface area contributed by atoms with E-state index in [-0.39, 0.29) is 54.8 Å². The number of benzene rings is 2. The molecule has 26 heavy (non-hydrogen) atoms. The van der Waals surface area contributed by atoms with Crippen molar-refractivity contribution in [1.29, 1.82) is 0 Å². The first-order chi connectivity index (χ1) is 11.6. The first-order valence-electron chi connectivity index (χ1n) is 8.63. The molecule has 4 nitrogen and oxygen atoms in total. The van der Waals surface area contributed by atoms with Crippen molar-refractivity contribution < 1.29 is 34.1 Å². The molecule has 0 aromatic heterocycles. The minimum absolute atomic E-state index is 0. The van der Waals surface area contributed by atoms with Crippen molar-refractivity contribution in [1.82, 2.24) is 5.32 Å². The van der Waals surface area contributed by atoms with Gasteiger partial charge in [-0.1, -0.05) is 57.1 Å². The summed E-state index contributed by atoms with van der Waals surface area (Å²) in [5, 5.41) is 15.0. The zero-order valence-corrected chi connectivity index (χ0v) is 17.5. The molecule has 1 radical (unpaired) electrons. The maximum Gasteiger partial charge on any atom is 0.172 e. The third-order valence-electron chi connectivity index (χ3n) is 4.82. The number of ether oxygens (including phenoxy) is 1. The van der Waals surface area contributed by atoms with Crippen molar-refractivity contribution in [3.05, 3.63) is 47.9 Å². The van der Waals surface area contributed by atoms with Gasteiger partial charge in [0.05, 0.1) is 0 Å². The minimum atomic E-state index is -0.264. The summed E-state index contributed by atoms with van der Waals surface area (Å²) in [6.07, 6.45) is 0. The van der Waals surface area contributed by atoms with Crippen LogP contribution in [0.25, 0.3) is 10.8 Å². The number of esters is 1. The number of carbonyl (C=O) groups is 1. The molecular weight excluding hydrogens is 417 g/mol. The van der Waals surface area contributed by atoms with Crippen LogP contribution >= 0.6 is 0 Å². The quantitative estimate of drug-likeness (QED) is 0.325. The van der Waals surface area contributed by atoms with E-state index in [1.165, 1.54) is 0 Å². The smallest absolute Gasteiger partial charge is 0.172 e. The Balaban J connectivity index is 0.00000243. The van der Waals surface area contributed by atoms with Gasteiger partial charge in [-0.25, -0.2) is 5.92 Å². The van der Waals surface area contributed by atoms with Gasteiger partial charge < -0.3 is 15.2 Å². The molecule has 3 rings (SSSR count). The van der Waals surface area contributed by atoms with Crippen LogP contribution in [0.15, 0.2) is 36.4 Å². The van der Waals surface area contributed by atoms with Gasteiger partial charge in [-0.05, 0) is 30.9 Å². The summed E-state index contributed by atoms with van der Waals surface area (Å²) in [5.74, 6) is 0.755. The average Bonchev–Trinajstić information content (AvgIpc) is 3.13. The van der Waals surface area contributed by atoms with Crippen molar-refractivity contribution in [2.24, 2.45) is 5.41 Å². The van der Waals surface area contributed by atoms with Gasteiger partial charge in [0.2, 0.25) is 0 Å². The van der Waals surface area contributed by atoms with E-state index in [1.54, 1.807) is 12.1 Å². The molecule has 1 fully saturated rings. The summed E-state index contributed by atoms with van der Waals surface area (Å²) in [6.45, 7) is 10.5. The van der Waals surface area contributed by atoms with E-state index in [0.29, 0.717) is 0 Å². The molecule has 143 valence electrons. The van der Waals surface area contributed by atoms with E-state index in [0.717, 1.165) is 22.3 Å². The van der Waals surface area contributed by atoms with Crippen LogP contribution in [0.4, 0.5) is 0 Å². The molecule has 0 amide bonds. The second-order valence-electron chi connectivity index (χ2n) is 8.33. The molecule has 1 aliphatic heterocycles. The predicted molar refractivity (Wildman–Crippen MR) is 99.1 cm³/mol. The molecule has 2 aromatic rings. The van der Waals surface area contributed by atoms with Crippen molar-refractivity contribution in [3.63, 3.8) is 0 Å². The second-order valence-corrected chi connectivity index (χ2v) is 8.33. The third-order valence-corrected chi connectivity index (χ3v) is 4.82. The van der Waals surface area contributed by atoms with E-state index < -0.39 is 0 Å². The largest absolute Gasteiger partial charge is 0.507 e. The fraction of sp³-hybridized carbons (Fsp3) is 0.429. The van der Waals surface area contributed by atoms with Crippen LogP contribution in [0.3, 0.4) is 0 Å². The average molecular weight is 443 g/mol. The predicted octanol–water partition coefficient (Wildman–Crippen LogP) is 3.96. The van der Waals surface area contributed by atoms with Gasteiger partial charge in [-0.3, -0.25) is 4.79 Å². The number of carbonyl (C=O) groups excluding carboxylic acids is 1. The maximum absolute atomic E-state index is 12.8. The van der Waals surface area contributed by atoms with E-state index in [1.807, 2.05) is 45.0 Å². The van der Waals surface area contributed by atoms with Crippen molar-refractivity contribution in [2.45, 2.75) is 52.8 Å². The number of fused-ring (bicyclic) bond motifs is 1. The molecular formula is C21H26NO3Rh-. The minimum Gasteiger partial charge on any atom is -0.507 e. The molecule has 0 aliphatic carbocycles. The van der Waals surface area contributed by atoms with Crippen molar-refractivity contribution >= 4 is 16.7 Å². The molecule has 2 aromatic carbocycles. The Kier molecular flexibility index (Phi) is 5.75. The molecule has 0 bridgehead atoms.